The zero-order chi connectivity index (χ0) is 18.8. The van der Waals surface area contributed by atoms with Gasteiger partial charge in [0.15, 0.2) is 0 Å². The summed E-state index contributed by atoms with van der Waals surface area (Å²) < 4.78 is 0. The summed E-state index contributed by atoms with van der Waals surface area (Å²) in [6, 6.07) is 8.05. The number of nitrogens with one attached hydrogen (secondary N) is 1. The maximum atomic E-state index is 12.6. The highest BCUT2D eigenvalue weighted by Crippen LogP contribution is 2.39. The molecule has 146 valence electrons. The van der Waals surface area contributed by atoms with Crippen molar-refractivity contribution in [1.82, 2.24) is 10.2 Å². The Kier molecular flexibility index (Phi) is 5.43. The lowest BCUT2D eigenvalue weighted by molar-refractivity contribution is -0.384. The van der Waals surface area contributed by atoms with E-state index in [0.29, 0.717) is 17.6 Å². The highest BCUT2D eigenvalue weighted by atomic mass is 16.6. The van der Waals surface area contributed by atoms with E-state index in [0.717, 1.165) is 18.9 Å². The Balaban J connectivity index is 1.39. The molecule has 27 heavy (non-hydrogen) atoms. The van der Waals surface area contributed by atoms with Crippen molar-refractivity contribution in [3.05, 3.63) is 39.9 Å². The normalized spacial score (nSPS) is 29.3. The summed E-state index contributed by atoms with van der Waals surface area (Å²) in [5.74, 6) is -0.112. The van der Waals surface area contributed by atoms with E-state index in [1.54, 1.807) is 12.1 Å². The van der Waals surface area contributed by atoms with Gasteiger partial charge in [0, 0.05) is 41.9 Å². The second-order valence-corrected chi connectivity index (χ2v) is 8.42. The zero-order valence-electron chi connectivity index (χ0n) is 15.8. The van der Waals surface area contributed by atoms with Crippen LogP contribution in [0.4, 0.5) is 5.69 Å². The molecule has 0 radical (unpaired) electrons. The third-order valence-corrected chi connectivity index (χ3v) is 6.70. The molecule has 1 amide bonds. The molecular formula is C21H29N3O3. The summed E-state index contributed by atoms with van der Waals surface area (Å²) in [5.41, 5.74) is 0.516. The lowest BCUT2D eigenvalue weighted by Gasteiger charge is -2.53. The predicted octanol–water partition coefficient (Wildman–Crippen LogP) is 4.04. The number of fused-ring (bicyclic) bond motifs is 2. The van der Waals surface area contributed by atoms with Crippen molar-refractivity contribution in [1.29, 1.82) is 0 Å². The highest BCUT2D eigenvalue weighted by molar-refractivity contribution is 5.94. The third kappa shape index (κ3) is 4.00. The molecule has 0 spiro atoms. The molecule has 4 rings (SSSR count). The van der Waals surface area contributed by atoms with E-state index in [9.17, 15) is 14.9 Å². The van der Waals surface area contributed by atoms with Gasteiger partial charge in [0.1, 0.15) is 0 Å². The number of nitro groups is 1. The molecule has 3 fully saturated rings. The van der Waals surface area contributed by atoms with Crippen LogP contribution in [0.1, 0.15) is 74.6 Å². The molecule has 6 nitrogen and oxygen atoms in total. The molecule has 2 atom stereocenters. The maximum Gasteiger partial charge on any atom is 0.269 e. The molecular weight excluding hydrogens is 342 g/mol. The number of hydrogen-bond donors (Lipinski definition) is 1. The number of piperidine rings is 2. The monoisotopic (exact) mass is 371 g/mol. The quantitative estimate of drug-likeness (QED) is 0.640. The number of rotatable bonds is 4. The van der Waals surface area contributed by atoms with Crippen molar-refractivity contribution < 1.29 is 9.72 Å². The fourth-order valence-electron chi connectivity index (χ4n) is 5.51. The lowest BCUT2D eigenvalue weighted by atomic mass is 9.78. The maximum absolute atomic E-state index is 12.6. The van der Waals surface area contributed by atoms with Crippen LogP contribution < -0.4 is 5.32 Å². The Bertz CT molecular complexity index is 670. The van der Waals surface area contributed by atoms with Gasteiger partial charge in [-0.05, 0) is 50.7 Å². The van der Waals surface area contributed by atoms with E-state index in [2.05, 4.69) is 10.2 Å². The zero-order valence-corrected chi connectivity index (χ0v) is 15.8. The van der Waals surface area contributed by atoms with Gasteiger partial charge < -0.3 is 5.32 Å². The van der Waals surface area contributed by atoms with Crippen LogP contribution in [0.25, 0.3) is 0 Å². The van der Waals surface area contributed by atoms with E-state index in [4.69, 9.17) is 0 Å². The van der Waals surface area contributed by atoms with Crippen molar-refractivity contribution in [2.45, 2.75) is 88.4 Å². The first-order valence-corrected chi connectivity index (χ1v) is 10.4. The smallest absolute Gasteiger partial charge is 0.269 e. The van der Waals surface area contributed by atoms with Gasteiger partial charge in [0.2, 0.25) is 0 Å². The van der Waals surface area contributed by atoms with Gasteiger partial charge in [-0.25, -0.2) is 0 Å². The number of hydrogen-bond acceptors (Lipinski definition) is 4. The molecule has 2 bridgehead atoms. The average molecular weight is 371 g/mol. The van der Waals surface area contributed by atoms with Crippen LogP contribution in [0, 0.1) is 10.1 Å². The summed E-state index contributed by atoms with van der Waals surface area (Å²) in [6.07, 6.45) is 12.7. The first-order valence-electron chi connectivity index (χ1n) is 10.4. The number of non-ortho nitro benzene ring substituents is 1. The summed E-state index contributed by atoms with van der Waals surface area (Å²) in [7, 11) is 0. The van der Waals surface area contributed by atoms with Crippen molar-refractivity contribution in [2.75, 3.05) is 0 Å². The topological polar surface area (TPSA) is 75.5 Å². The van der Waals surface area contributed by atoms with Crippen LogP contribution in [0.2, 0.25) is 0 Å². The first-order chi connectivity index (χ1) is 13.1. The predicted molar refractivity (Wildman–Crippen MR) is 104 cm³/mol. The number of carbonyl (C=O) groups excluding carboxylic acids is 1. The Hall–Kier alpha value is -1.95. The molecule has 1 aromatic carbocycles. The molecule has 6 heteroatoms. The minimum absolute atomic E-state index is 0.0156. The molecule has 1 saturated carbocycles. The van der Waals surface area contributed by atoms with Crippen molar-refractivity contribution in [3.63, 3.8) is 0 Å². The van der Waals surface area contributed by atoms with E-state index in [1.807, 2.05) is 0 Å². The molecule has 0 unspecified atom stereocenters. The Morgan fingerprint density at radius 3 is 2.11 bits per heavy atom. The Labute approximate surface area is 160 Å². The molecule has 1 aliphatic carbocycles. The third-order valence-electron chi connectivity index (χ3n) is 6.70. The van der Waals surface area contributed by atoms with Crippen LogP contribution in [0.15, 0.2) is 24.3 Å². The molecule has 1 aromatic rings. The number of nitrogens with zero attached hydrogens (tertiary/aromatic N) is 2. The Morgan fingerprint density at radius 2 is 1.52 bits per heavy atom. The fourth-order valence-corrected chi connectivity index (χ4v) is 5.51. The first kappa shape index (κ1) is 18.4. The van der Waals surface area contributed by atoms with Gasteiger partial charge in [-0.3, -0.25) is 19.8 Å². The van der Waals surface area contributed by atoms with Gasteiger partial charge in [-0.2, -0.15) is 0 Å². The van der Waals surface area contributed by atoms with Gasteiger partial charge in [0.25, 0.3) is 11.6 Å². The Morgan fingerprint density at radius 1 is 0.926 bits per heavy atom. The van der Waals surface area contributed by atoms with Crippen LogP contribution in [-0.4, -0.2) is 39.9 Å². The van der Waals surface area contributed by atoms with Crippen molar-refractivity contribution in [3.8, 4) is 0 Å². The van der Waals surface area contributed by atoms with E-state index in [1.165, 1.54) is 63.5 Å². The molecule has 3 aliphatic rings. The SMILES string of the molecule is O=C(NC1C[C@H]2CCC[C@H](C1)N2C1CCCCC1)c1ccc([N+](=O)[O-])cc1. The molecule has 2 saturated heterocycles. The lowest BCUT2D eigenvalue weighted by Crippen LogP contribution is -2.60. The second kappa shape index (κ2) is 7.97. The van der Waals surface area contributed by atoms with Gasteiger partial charge in [-0.1, -0.05) is 25.7 Å². The molecule has 2 aliphatic heterocycles. The fraction of sp³-hybridized carbons (Fsp3) is 0.667. The highest BCUT2D eigenvalue weighted by Gasteiger charge is 2.42. The second-order valence-electron chi connectivity index (χ2n) is 8.42. The summed E-state index contributed by atoms with van der Waals surface area (Å²) >= 11 is 0. The number of nitro benzene ring substituents is 1. The van der Waals surface area contributed by atoms with E-state index >= 15 is 0 Å². The molecule has 1 N–H and O–H groups in total. The van der Waals surface area contributed by atoms with Crippen molar-refractivity contribution in [2.24, 2.45) is 0 Å². The minimum Gasteiger partial charge on any atom is -0.349 e. The van der Waals surface area contributed by atoms with Crippen LogP contribution >= 0.6 is 0 Å². The number of benzene rings is 1. The van der Waals surface area contributed by atoms with Crippen LogP contribution in [-0.2, 0) is 0 Å². The minimum atomic E-state index is -0.441. The van der Waals surface area contributed by atoms with E-state index in [-0.39, 0.29) is 17.6 Å². The summed E-state index contributed by atoms with van der Waals surface area (Å²) in [6.45, 7) is 0. The number of carbonyl (C=O) groups is 1. The standard InChI is InChI=1S/C21H29N3O3/c25-21(15-9-11-18(12-10-15)24(26)27)22-16-13-19-7-4-8-20(14-16)23(19)17-5-2-1-3-6-17/h9-12,16-17,19-20H,1-8,13-14H2,(H,22,25)/t19-,20-/m1/s1. The summed E-state index contributed by atoms with van der Waals surface area (Å²) in [4.78, 5) is 25.8. The van der Waals surface area contributed by atoms with Crippen molar-refractivity contribution >= 4 is 11.6 Å². The van der Waals surface area contributed by atoms with E-state index < -0.39 is 4.92 Å². The van der Waals surface area contributed by atoms with Gasteiger partial charge in [-0.15, -0.1) is 0 Å². The largest absolute Gasteiger partial charge is 0.349 e. The van der Waals surface area contributed by atoms with Gasteiger partial charge in [0.05, 0.1) is 4.92 Å². The number of amides is 1. The van der Waals surface area contributed by atoms with Crippen LogP contribution in [0.3, 0.4) is 0 Å². The molecule has 2 heterocycles. The molecule has 0 aromatic heterocycles. The summed E-state index contributed by atoms with van der Waals surface area (Å²) in [5, 5.41) is 14.0. The van der Waals surface area contributed by atoms with Crippen LogP contribution in [0.5, 0.6) is 0 Å². The van der Waals surface area contributed by atoms with Gasteiger partial charge >= 0.3 is 0 Å². The average Bonchev–Trinajstić information content (AvgIpc) is 2.68.